The van der Waals surface area contributed by atoms with Crippen molar-refractivity contribution in [2.75, 3.05) is 0 Å². The highest BCUT2D eigenvalue weighted by Crippen LogP contribution is 2.25. The summed E-state index contributed by atoms with van der Waals surface area (Å²) in [4.78, 5) is 16.3. The van der Waals surface area contributed by atoms with Crippen LogP contribution in [0.5, 0.6) is 0 Å². The van der Waals surface area contributed by atoms with Crippen LogP contribution in [-0.4, -0.2) is 11.0 Å². The molecular formula is C18H13ClFNO2S. The first-order valence-corrected chi connectivity index (χ1v) is 8.46. The molecule has 0 N–H and O–H groups in total. The molecule has 0 atom stereocenters. The van der Waals surface area contributed by atoms with Crippen molar-refractivity contribution >= 4 is 28.9 Å². The number of esters is 1. The lowest BCUT2D eigenvalue weighted by atomic mass is 10.2. The zero-order valence-electron chi connectivity index (χ0n) is 12.5. The average molecular weight is 362 g/mol. The largest absolute Gasteiger partial charge is 0.461 e. The van der Waals surface area contributed by atoms with Crippen LogP contribution in [0.3, 0.4) is 0 Å². The van der Waals surface area contributed by atoms with Crippen LogP contribution >= 0.6 is 22.9 Å². The third kappa shape index (κ3) is 4.40. The van der Waals surface area contributed by atoms with Gasteiger partial charge in [-0.25, -0.2) is 9.37 Å². The zero-order chi connectivity index (χ0) is 16.9. The molecule has 3 rings (SSSR count). The molecule has 0 unspecified atom stereocenters. The minimum atomic E-state index is -0.396. The van der Waals surface area contributed by atoms with Crippen molar-refractivity contribution in [2.45, 2.75) is 13.0 Å². The van der Waals surface area contributed by atoms with Crippen molar-refractivity contribution in [2.24, 2.45) is 0 Å². The molecule has 3 aromatic rings. The number of hydrogen-bond acceptors (Lipinski definition) is 4. The van der Waals surface area contributed by atoms with E-state index in [9.17, 15) is 9.18 Å². The van der Waals surface area contributed by atoms with Gasteiger partial charge >= 0.3 is 5.97 Å². The maximum absolute atomic E-state index is 13.1. The summed E-state index contributed by atoms with van der Waals surface area (Å²) in [6.07, 6.45) is 0.0827. The van der Waals surface area contributed by atoms with E-state index in [1.165, 1.54) is 23.5 Å². The molecule has 0 aliphatic carbocycles. The van der Waals surface area contributed by atoms with Crippen LogP contribution in [0.2, 0.25) is 5.02 Å². The van der Waals surface area contributed by atoms with Crippen LogP contribution in [0.1, 0.15) is 11.3 Å². The lowest BCUT2D eigenvalue weighted by Gasteiger charge is -2.04. The van der Waals surface area contributed by atoms with Crippen molar-refractivity contribution in [3.05, 3.63) is 76.0 Å². The number of thiazole rings is 1. The number of carbonyl (C=O) groups excluding carboxylic acids is 1. The van der Waals surface area contributed by atoms with Crippen LogP contribution in [0.4, 0.5) is 4.39 Å². The van der Waals surface area contributed by atoms with Gasteiger partial charge < -0.3 is 4.74 Å². The van der Waals surface area contributed by atoms with Crippen LogP contribution in [0.25, 0.3) is 10.6 Å². The molecule has 0 aliphatic rings. The van der Waals surface area contributed by atoms with E-state index in [0.717, 1.165) is 10.6 Å². The molecule has 0 aliphatic heterocycles. The SMILES string of the molecule is O=C(Cc1csc(-c2ccc(Cl)cc2)n1)OCc1cccc(F)c1. The van der Waals surface area contributed by atoms with Crippen LogP contribution in [0.15, 0.2) is 53.9 Å². The van der Waals surface area contributed by atoms with E-state index in [1.807, 2.05) is 17.5 Å². The quantitative estimate of drug-likeness (QED) is 0.607. The Bertz CT molecular complexity index is 848. The predicted molar refractivity (Wildman–Crippen MR) is 92.5 cm³/mol. The Morgan fingerprint density at radius 2 is 2.00 bits per heavy atom. The van der Waals surface area contributed by atoms with Gasteiger partial charge in [-0.15, -0.1) is 11.3 Å². The highest BCUT2D eigenvalue weighted by Gasteiger charge is 2.10. The smallest absolute Gasteiger partial charge is 0.312 e. The molecule has 122 valence electrons. The number of carbonyl (C=O) groups is 1. The van der Waals surface area contributed by atoms with E-state index in [1.54, 1.807) is 24.3 Å². The molecule has 0 radical (unpaired) electrons. The second-order valence-electron chi connectivity index (χ2n) is 5.12. The van der Waals surface area contributed by atoms with Crippen LogP contribution in [0, 0.1) is 5.82 Å². The zero-order valence-corrected chi connectivity index (χ0v) is 14.1. The van der Waals surface area contributed by atoms with Crippen molar-refractivity contribution in [3.8, 4) is 10.6 Å². The summed E-state index contributed by atoms with van der Waals surface area (Å²) in [5.74, 6) is -0.747. The van der Waals surface area contributed by atoms with Crippen molar-refractivity contribution in [3.63, 3.8) is 0 Å². The maximum Gasteiger partial charge on any atom is 0.312 e. The second-order valence-corrected chi connectivity index (χ2v) is 6.41. The molecule has 0 fully saturated rings. The molecule has 2 aromatic carbocycles. The molecule has 1 heterocycles. The summed E-state index contributed by atoms with van der Waals surface area (Å²) < 4.78 is 18.2. The predicted octanol–water partition coefficient (Wildman–Crippen LogP) is 4.89. The highest BCUT2D eigenvalue weighted by atomic mass is 35.5. The number of benzene rings is 2. The summed E-state index contributed by atoms with van der Waals surface area (Å²) in [5.41, 5.74) is 2.21. The lowest BCUT2D eigenvalue weighted by Crippen LogP contribution is -2.08. The third-order valence-corrected chi connectivity index (χ3v) is 4.45. The first-order valence-electron chi connectivity index (χ1n) is 7.20. The van der Waals surface area contributed by atoms with E-state index in [4.69, 9.17) is 16.3 Å². The molecule has 6 heteroatoms. The molecule has 0 saturated heterocycles. The maximum atomic E-state index is 13.1. The van der Waals surface area contributed by atoms with Crippen LogP contribution < -0.4 is 0 Å². The molecule has 1 aromatic heterocycles. The van der Waals surface area contributed by atoms with Gasteiger partial charge in [-0.1, -0.05) is 35.9 Å². The summed E-state index contributed by atoms with van der Waals surface area (Å²) in [5, 5.41) is 3.31. The Labute approximate surface area is 147 Å². The van der Waals surface area contributed by atoms with Gasteiger partial charge in [0, 0.05) is 16.0 Å². The van der Waals surface area contributed by atoms with Crippen molar-refractivity contribution < 1.29 is 13.9 Å². The number of halogens is 2. The minimum Gasteiger partial charge on any atom is -0.461 e. The molecule has 0 amide bonds. The highest BCUT2D eigenvalue weighted by molar-refractivity contribution is 7.13. The van der Waals surface area contributed by atoms with E-state index in [-0.39, 0.29) is 18.8 Å². The Balaban J connectivity index is 1.58. The molecule has 3 nitrogen and oxygen atoms in total. The van der Waals surface area contributed by atoms with E-state index in [0.29, 0.717) is 16.3 Å². The number of hydrogen-bond donors (Lipinski definition) is 0. The fraction of sp³-hybridized carbons (Fsp3) is 0.111. The normalized spacial score (nSPS) is 10.6. The number of ether oxygens (including phenoxy) is 1. The second kappa shape index (κ2) is 7.55. The van der Waals surface area contributed by atoms with Gasteiger partial charge in [0.2, 0.25) is 0 Å². The molecule has 0 saturated carbocycles. The molecule has 0 bridgehead atoms. The number of rotatable bonds is 5. The fourth-order valence-electron chi connectivity index (χ4n) is 2.10. The van der Waals surface area contributed by atoms with Crippen LogP contribution in [-0.2, 0) is 22.6 Å². The summed E-state index contributed by atoms with van der Waals surface area (Å²) >= 11 is 7.32. The Kier molecular flexibility index (Phi) is 5.23. The van der Waals surface area contributed by atoms with Gasteiger partial charge in [0.1, 0.15) is 17.4 Å². The monoisotopic (exact) mass is 361 g/mol. The Morgan fingerprint density at radius 1 is 1.21 bits per heavy atom. The van der Waals surface area contributed by atoms with Gasteiger partial charge in [0.05, 0.1) is 12.1 Å². The van der Waals surface area contributed by atoms with Gasteiger partial charge in [-0.05, 0) is 29.8 Å². The van der Waals surface area contributed by atoms with E-state index in [2.05, 4.69) is 4.98 Å². The number of aromatic nitrogens is 1. The first-order chi connectivity index (χ1) is 11.6. The van der Waals surface area contributed by atoms with E-state index < -0.39 is 5.97 Å². The molecule has 0 spiro atoms. The van der Waals surface area contributed by atoms with Crippen molar-refractivity contribution in [1.82, 2.24) is 4.98 Å². The van der Waals surface area contributed by atoms with E-state index >= 15 is 0 Å². The average Bonchev–Trinajstić information content (AvgIpc) is 3.02. The standard InChI is InChI=1S/C18H13ClFNO2S/c19-14-6-4-13(5-7-14)18-21-16(11-24-18)9-17(22)23-10-12-2-1-3-15(20)8-12/h1-8,11H,9-10H2. The Morgan fingerprint density at radius 3 is 2.75 bits per heavy atom. The fourth-order valence-corrected chi connectivity index (χ4v) is 3.05. The van der Waals surface area contributed by atoms with Gasteiger partial charge in [0.25, 0.3) is 0 Å². The summed E-state index contributed by atoms with van der Waals surface area (Å²) in [6, 6.07) is 13.3. The van der Waals surface area contributed by atoms with Gasteiger partial charge in [-0.3, -0.25) is 4.79 Å². The summed E-state index contributed by atoms with van der Waals surface area (Å²) in [7, 11) is 0. The van der Waals surface area contributed by atoms with Gasteiger partial charge in [-0.2, -0.15) is 0 Å². The lowest BCUT2D eigenvalue weighted by molar-refractivity contribution is -0.144. The third-order valence-electron chi connectivity index (χ3n) is 3.26. The van der Waals surface area contributed by atoms with Gasteiger partial charge in [0.15, 0.2) is 0 Å². The Hall–Kier alpha value is -2.24. The number of nitrogens with zero attached hydrogens (tertiary/aromatic N) is 1. The molecule has 24 heavy (non-hydrogen) atoms. The summed E-state index contributed by atoms with van der Waals surface area (Å²) in [6.45, 7) is 0.0464. The topological polar surface area (TPSA) is 39.2 Å². The minimum absolute atomic E-state index is 0.0464. The van der Waals surface area contributed by atoms with Crippen molar-refractivity contribution in [1.29, 1.82) is 0 Å². The molecular weight excluding hydrogens is 349 g/mol. The first kappa shape index (κ1) is 16.6.